The van der Waals surface area contributed by atoms with Crippen LogP contribution in [0.25, 0.3) is 11.2 Å². The quantitative estimate of drug-likeness (QED) is 0.940. The zero-order chi connectivity index (χ0) is 11.7. The van der Waals surface area contributed by atoms with E-state index in [9.17, 15) is 0 Å². The Morgan fingerprint density at radius 2 is 2.47 bits per heavy atom. The number of aryl methyl sites for hydroxylation is 1. The number of allylic oxidation sites excluding steroid dienone is 1. The second-order valence-electron chi connectivity index (χ2n) is 4.11. The van der Waals surface area contributed by atoms with E-state index in [2.05, 4.69) is 42.4 Å². The summed E-state index contributed by atoms with van der Waals surface area (Å²) in [4.78, 5) is 12.1. The van der Waals surface area contributed by atoms with Crippen molar-refractivity contribution in [2.24, 2.45) is 0 Å². The Hall–Kier alpha value is -0.810. The number of aromatic nitrogens is 3. The average Bonchev–Trinajstić information content (AvgIpc) is 2.94. The van der Waals surface area contributed by atoms with Gasteiger partial charge in [-0.15, -0.1) is 11.8 Å². The molecule has 0 amide bonds. The van der Waals surface area contributed by atoms with Gasteiger partial charge < -0.3 is 4.98 Å². The van der Waals surface area contributed by atoms with Crippen LogP contribution < -0.4 is 0 Å². The van der Waals surface area contributed by atoms with E-state index in [0.29, 0.717) is 0 Å². The molecule has 1 aliphatic rings. The Balaban J connectivity index is 1.72. The minimum atomic E-state index is 0.725. The molecule has 0 aliphatic carbocycles. The molecular weight excluding hydrogens is 298 g/mol. The summed E-state index contributed by atoms with van der Waals surface area (Å²) in [6.45, 7) is 0. The summed E-state index contributed by atoms with van der Waals surface area (Å²) < 4.78 is 0.982. The van der Waals surface area contributed by atoms with Gasteiger partial charge in [0.1, 0.15) is 5.82 Å². The number of halogens is 1. The van der Waals surface area contributed by atoms with Crippen molar-refractivity contribution in [2.45, 2.75) is 24.5 Å². The van der Waals surface area contributed by atoms with E-state index in [4.69, 9.17) is 0 Å². The zero-order valence-electron chi connectivity index (χ0n) is 9.19. The van der Waals surface area contributed by atoms with Gasteiger partial charge in [-0.05, 0) is 40.2 Å². The van der Waals surface area contributed by atoms with Crippen LogP contribution in [0.4, 0.5) is 0 Å². The molecule has 0 saturated carbocycles. The van der Waals surface area contributed by atoms with Gasteiger partial charge in [-0.1, -0.05) is 6.08 Å². The number of aromatic amines is 1. The van der Waals surface area contributed by atoms with E-state index in [0.717, 1.165) is 33.1 Å². The van der Waals surface area contributed by atoms with Crippen LogP contribution in [0.3, 0.4) is 0 Å². The minimum absolute atomic E-state index is 0.725. The number of fused-ring (bicyclic) bond motifs is 1. The fraction of sp³-hybridized carbons (Fsp3) is 0.333. The predicted octanol–water partition coefficient (Wildman–Crippen LogP) is 3.67. The van der Waals surface area contributed by atoms with E-state index in [1.54, 1.807) is 6.20 Å². The van der Waals surface area contributed by atoms with Crippen LogP contribution in [-0.2, 0) is 6.42 Å². The summed E-state index contributed by atoms with van der Waals surface area (Å²) >= 11 is 5.34. The topological polar surface area (TPSA) is 41.6 Å². The summed E-state index contributed by atoms with van der Waals surface area (Å²) in [5, 5.41) is 2.92. The lowest BCUT2D eigenvalue weighted by Gasteiger charge is -2.05. The lowest BCUT2D eigenvalue weighted by molar-refractivity contribution is 0.749. The highest BCUT2D eigenvalue weighted by Gasteiger charge is 2.12. The van der Waals surface area contributed by atoms with Gasteiger partial charge in [0.15, 0.2) is 5.65 Å². The van der Waals surface area contributed by atoms with Crippen LogP contribution in [0, 0.1) is 0 Å². The maximum atomic E-state index is 4.50. The molecule has 17 heavy (non-hydrogen) atoms. The molecule has 0 spiro atoms. The molecule has 3 nitrogen and oxygen atoms in total. The molecule has 0 radical (unpaired) electrons. The van der Waals surface area contributed by atoms with Crippen molar-refractivity contribution in [1.82, 2.24) is 15.0 Å². The molecule has 0 bridgehead atoms. The number of rotatable bonds is 3. The molecule has 5 heteroatoms. The van der Waals surface area contributed by atoms with Gasteiger partial charge in [-0.3, -0.25) is 0 Å². The first-order chi connectivity index (χ1) is 8.31. The molecule has 0 aromatic carbocycles. The van der Waals surface area contributed by atoms with Crippen LogP contribution in [0.15, 0.2) is 28.2 Å². The third kappa shape index (κ3) is 2.55. The van der Waals surface area contributed by atoms with Crippen molar-refractivity contribution in [2.75, 3.05) is 0 Å². The van der Waals surface area contributed by atoms with E-state index >= 15 is 0 Å². The standard InChI is InChI=1S/C12H12BrN3S/c13-8-6-10-12(14-7-8)16-11(15-10)4-3-9-2-1-5-17-9/h1,5-7,9H,2-4H2,(H,14,15,16). The fourth-order valence-corrected chi connectivity index (χ4v) is 3.21. The lowest BCUT2D eigenvalue weighted by Crippen LogP contribution is -2.00. The predicted molar refractivity (Wildman–Crippen MR) is 75.0 cm³/mol. The van der Waals surface area contributed by atoms with Crippen LogP contribution in [0.1, 0.15) is 18.7 Å². The Bertz CT molecular complexity index is 556. The molecule has 88 valence electrons. The minimum Gasteiger partial charge on any atom is -0.341 e. The second-order valence-corrected chi connectivity index (χ2v) is 6.24. The maximum absolute atomic E-state index is 4.50. The number of imidazole rings is 1. The van der Waals surface area contributed by atoms with Crippen molar-refractivity contribution < 1.29 is 0 Å². The van der Waals surface area contributed by atoms with Crippen LogP contribution >= 0.6 is 27.7 Å². The highest BCUT2D eigenvalue weighted by Crippen LogP contribution is 2.27. The molecule has 0 saturated heterocycles. The van der Waals surface area contributed by atoms with Gasteiger partial charge in [0.25, 0.3) is 0 Å². The number of pyridine rings is 1. The van der Waals surface area contributed by atoms with Crippen molar-refractivity contribution >= 4 is 38.9 Å². The Labute approximate surface area is 112 Å². The van der Waals surface area contributed by atoms with Gasteiger partial charge in [0.2, 0.25) is 0 Å². The first-order valence-electron chi connectivity index (χ1n) is 5.62. The summed E-state index contributed by atoms with van der Waals surface area (Å²) in [6, 6.07) is 2.02. The molecule has 1 atom stereocenters. The van der Waals surface area contributed by atoms with Crippen molar-refractivity contribution in [1.29, 1.82) is 0 Å². The Morgan fingerprint density at radius 1 is 1.53 bits per heavy atom. The molecule has 3 heterocycles. The number of hydrogen-bond donors (Lipinski definition) is 1. The molecular formula is C12H12BrN3S. The third-order valence-electron chi connectivity index (χ3n) is 2.82. The molecule has 2 aromatic rings. The summed E-state index contributed by atoms with van der Waals surface area (Å²) in [6.07, 6.45) is 7.37. The first kappa shape index (κ1) is 11.3. The molecule has 1 unspecified atom stereocenters. The summed E-state index contributed by atoms with van der Waals surface area (Å²) in [7, 11) is 0. The number of nitrogens with one attached hydrogen (secondary N) is 1. The third-order valence-corrected chi connectivity index (χ3v) is 4.42. The number of H-pyrrole nitrogens is 1. The first-order valence-corrected chi connectivity index (χ1v) is 7.35. The molecule has 2 aromatic heterocycles. The highest BCUT2D eigenvalue weighted by molar-refractivity contribution is 9.10. The summed E-state index contributed by atoms with van der Waals surface area (Å²) in [5.41, 5.74) is 1.81. The van der Waals surface area contributed by atoms with Gasteiger partial charge >= 0.3 is 0 Å². The van der Waals surface area contributed by atoms with Gasteiger partial charge in [0, 0.05) is 22.3 Å². The number of nitrogens with zero attached hydrogens (tertiary/aromatic N) is 2. The monoisotopic (exact) mass is 309 g/mol. The average molecular weight is 310 g/mol. The van der Waals surface area contributed by atoms with E-state index in [1.165, 1.54) is 12.8 Å². The van der Waals surface area contributed by atoms with Crippen molar-refractivity contribution in [3.8, 4) is 0 Å². The SMILES string of the molecule is Brc1cnc2nc(CCC3CC=CS3)[nH]c2c1. The van der Waals surface area contributed by atoms with E-state index in [1.807, 2.05) is 17.8 Å². The fourth-order valence-electron chi connectivity index (χ4n) is 1.96. The molecule has 3 rings (SSSR count). The molecule has 1 N–H and O–H groups in total. The van der Waals surface area contributed by atoms with Gasteiger partial charge in [-0.2, -0.15) is 0 Å². The van der Waals surface area contributed by atoms with E-state index in [-0.39, 0.29) is 0 Å². The lowest BCUT2D eigenvalue weighted by atomic mass is 10.2. The Morgan fingerprint density at radius 3 is 3.29 bits per heavy atom. The van der Waals surface area contributed by atoms with Crippen molar-refractivity contribution in [3.63, 3.8) is 0 Å². The normalized spacial score (nSPS) is 19.2. The van der Waals surface area contributed by atoms with Crippen LogP contribution in [-0.4, -0.2) is 20.2 Å². The van der Waals surface area contributed by atoms with Gasteiger partial charge in [-0.25, -0.2) is 9.97 Å². The number of hydrogen-bond acceptors (Lipinski definition) is 3. The van der Waals surface area contributed by atoms with E-state index < -0.39 is 0 Å². The Kier molecular flexibility index (Phi) is 3.20. The second kappa shape index (κ2) is 4.82. The highest BCUT2D eigenvalue weighted by atomic mass is 79.9. The van der Waals surface area contributed by atoms with Crippen LogP contribution in [0.2, 0.25) is 0 Å². The molecule has 0 fully saturated rings. The van der Waals surface area contributed by atoms with Crippen LogP contribution in [0.5, 0.6) is 0 Å². The number of thioether (sulfide) groups is 1. The zero-order valence-corrected chi connectivity index (χ0v) is 11.6. The smallest absolute Gasteiger partial charge is 0.177 e. The largest absolute Gasteiger partial charge is 0.341 e. The van der Waals surface area contributed by atoms with Crippen molar-refractivity contribution in [3.05, 3.63) is 34.0 Å². The molecule has 1 aliphatic heterocycles. The van der Waals surface area contributed by atoms with Gasteiger partial charge in [0.05, 0.1) is 5.52 Å². The summed E-state index contributed by atoms with van der Waals surface area (Å²) in [5.74, 6) is 1.04. The maximum Gasteiger partial charge on any atom is 0.177 e.